The van der Waals surface area contributed by atoms with Crippen molar-refractivity contribution in [2.24, 2.45) is 0 Å². The standard InChI is InChI=1S/C22H24N4O2/c1-27-17-8-6-16(7-9-17)26-12-10-25(11-13-26)14-20-19-15-28-21-5-3-2-4-18(21)22(19)24-23-20/h2-9H,10-15H2,1H3,(H,23,24). The van der Waals surface area contributed by atoms with Gasteiger partial charge in [-0.3, -0.25) is 10.00 Å². The van der Waals surface area contributed by atoms with E-state index in [4.69, 9.17) is 9.47 Å². The van der Waals surface area contributed by atoms with Crippen molar-refractivity contribution >= 4 is 5.69 Å². The van der Waals surface area contributed by atoms with Gasteiger partial charge in [0.1, 0.15) is 23.8 Å². The van der Waals surface area contributed by atoms with Crippen molar-refractivity contribution in [1.82, 2.24) is 15.1 Å². The van der Waals surface area contributed by atoms with Gasteiger partial charge >= 0.3 is 0 Å². The number of hydrogen-bond donors (Lipinski definition) is 1. The number of aromatic amines is 1. The molecular formula is C22H24N4O2. The summed E-state index contributed by atoms with van der Waals surface area (Å²) in [5.74, 6) is 1.82. The molecule has 0 radical (unpaired) electrons. The Morgan fingerprint density at radius 3 is 2.61 bits per heavy atom. The van der Waals surface area contributed by atoms with Gasteiger partial charge in [0.05, 0.1) is 12.8 Å². The minimum atomic E-state index is 0.587. The zero-order valence-electron chi connectivity index (χ0n) is 16.0. The van der Waals surface area contributed by atoms with Crippen LogP contribution in [0.4, 0.5) is 5.69 Å². The van der Waals surface area contributed by atoms with E-state index in [9.17, 15) is 0 Å². The molecular weight excluding hydrogens is 352 g/mol. The second-order valence-corrected chi connectivity index (χ2v) is 7.28. The van der Waals surface area contributed by atoms with Gasteiger partial charge in [-0.05, 0) is 36.4 Å². The Labute approximate surface area is 164 Å². The van der Waals surface area contributed by atoms with Gasteiger partial charge in [-0.25, -0.2) is 0 Å². The number of rotatable bonds is 4. The van der Waals surface area contributed by atoms with Crippen LogP contribution in [0.3, 0.4) is 0 Å². The Hall–Kier alpha value is -2.99. The largest absolute Gasteiger partial charge is 0.497 e. The molecule has 6 heteroatoms. The number of fused-ring (bicyclic) bond motifs is 3. The number of aromatic nitrogens is 2. The number of H-pyrrole nitrogens is 1. The lowest BCUT2D eigenvalue weighted by Crippen LogP contribution is -2.46. The summed E-state index contributed by atoms with van der Waals surface area (Å²) in [5.41, 5.74) is 5.73. The minimum absolute atomic E-state index is 0.587. The summed E-state index contributed by atoms with van der Waals surface area (Å²) in [7, 11) is 1.70. The van der Waals surface area contributed by atoms with E-state index in [1.54, 1.807) is 7.11 Å². The second kappa shape index (κ2) is 7.20. The van der Waals surface area contributed by atoms with Gasteiger partial charge in [0.2, 0.25) is 0 Å². The van der Waals surface area contributed by atoms with Gasteiger partial charge in [0, 0.05) is 49.5 Å². The Balaban J connectivity index is 1.25. The summed E-state index contributed by atoms with van der Waals surface area (Å²) < 4.78 is 11.2. The van der Waals surface area contributed by atoms with Gasteiger partial charge in [-0.2, -0.15) is 5.10 Å². The van der Waals surface area contributed by atoms with Crippen molar-refractivity contribution in [3.8, 4) is 22.8 Å². The summed E-state index contributed by atoms with van der Waals surface area (Å²) in [5, 5.41) is 7.85. The molecule has 1 aromatic heterocycles. The monoisotopic (exact) mass is 376 g/mol. The number of nitrogens with zero attached hydrogens (tertiary/aromatic N) is 3. The number of benzene rings is 2. The molecule has 0 atom stereocenters. The number of anilines is 1. The molecule has 28 heavy (non-hydrogen) atoms. The topological polar surface area (TPSA) is 53.6 Å². The molecule has 6 nitrogen and oxygen atoms in total. The number of hydrogen-bond acceptors (Lipinski definition) is 5. The van der Waals surface area contributed by atoms with E-state index < -0.39 is 0 Å². The van der Waals surface area contributed by atoms with Crippen LogP contribution in [-0.4, -0.2) is 48.4 Å². The molecule has 0 saturated carbocycles. The zero-order valence-corrected chi connectivity index (χ0v) is 16.0. The maximum Gasteiger partial charge on any atom is 0.129 e. The van der Waals surface area contributed by atoms with Gasteiger partial charge in [-0.1, -0.05) is 12.1 Å². The fourth-order valence-corrected chi connectivity index (χ4v) is 4.03. The van der Waals surface area contributed by atoms with Gasteiger partial charge < -0.3 is 14.4 Å². The van der Waals surface area contributed by atoms with Gasteiger partial charge in [0.25, 0.3) is 0 Å². The highest BCUT2D eigenvalue weighted by Crippen LogP contribution is 2.37. The van der Waals surface area contributed by atoms with Crippen molar-refractivity contribution in [3.05, 3.63) is 59.8 Å². The molecule has 1 N–H and O–H groups in total. The molecule has 0 amide bonds. The molecule has 2 aliphatic heterocycles. The summed E-state index contributed by atoms with van der Waals surface area (Å²) >= 11 is 0. The molecule has 0 spiro atoms. The smallest absolute Gasteiger partial charge is 0.129 e. The van der Waals surface area contributed by atoms with E-state index in [0.29, 0.717) is 6.61 Å². The first-order valence-electron chi connectivity index (χ1n) is 9.71. The lowest BCUT2D eigenvalue weighted by Gasteiger charge is -2.36. The molecule has 5 rings (SSSR count). The normalized spacial score (nSPS) is 16.2. The van der Waals surface area contributed by atoms with Crippen LogP contribution in [0.15, 0.2) is 48.5 Å². The molecule has 0 aliphatic carbocycles. The number of methoxy groups -OCH3 is 1. The van der Waals surface area contributed by atoms with Crippen molar-refractivity contribution in [2.45, 2.75) is 13.2 Å². The predicted octanol–water partition coefficient (Wildman–Crippen LogP) is 3.30. The molecule has 3 heterocycles. The summed E-state index contributed by atoms with van der Waals surface area (Å²) in [6.07, 6.45) is 0. The molecule has 3 aromatic rings. The highest BCUT2D eigenvalue weighted by Gasteiger charge is 2.25. The quantitative estimate of drug-likeness (QED) is 0.757. The lowest BCUT2D eigenvalue weighted by atomic mass is 10.0. The van der Waals surface area contributed by atoms with Crippen LogP contribution in [0, 0.1) is 0 Å². The molecule has 2 aliphatic rings. The SMILES string of the molecule is COc1ccc(N2CCN(Cc3[nH]nc4c3COc3ccccc3-4)CC2)cc1. The summed E-state index contributed by atoms with van der Waals surface area (Å²) in [6.45, 7) is 5.55. The zero-order chi connectivity index (χ0) is 18.9. The molecule has 1 saturated heterocycles. The highest BCUT2D eigenvalue weighted by atomic mass is 16.5. The van der Waals surface area contributed by atoms with Crippen LogP contribution in [0.5, 0.6) is 11.5 Å². The molecule has 144 valence electrons. The van der Waals surface area contributed by atoms with Crippen LogP contribution in [0.1, 0.15) is 11.3 Å². The summed E-state index contributed by atoms with van der Waals surface area (Å²) in [6, 6.07) is 16.4. The van der Waals surface area contributed by atoms with Crippen molar-refractivity contribution in [1.29, 1.82) is 0 Å². The first kappa shape index (κ1) is 17.1. The molecule has 0 unspecified atom stereocenters. The van der Waals surface area contributed by atoms with Crippen LogP contribution in [0.25, 0.3) is 11.3 Å². The third kappa shape index (κ3) is 3.10. The highest BCUT2D eigenvalue weighted by molar-refractivity contribution is 5.72. The molecule has 1 fully saturated rings. The Morgan fingerprint density at radius 1 is 1.04 bits per heavy atom. The third-order valence-corrected chi connectivity index (χ3v) is 5.66. The van der Waals surface area contributed by atoms with E-state index in [0.717, 1.165) is 55.5 Å². The van der Waals surface area contributed by atoms with E-state index >= 15 is 0 Å². The van der Waals surface area contributed by atoms with Crippen LogP contribution in [-0.2, 0) is 13.2 Å². The summed E-state index contributed by atoms with van der Waals surface area (Å²) in [4.78, 5) is 4.91. The van der Waals surface area contributed by atoms with Crippen molar-refractivity contribution in [2.75, 3.05) is 38.2 Å². The number of para-hydroxylation sites is 1. The van der Waals surface area contributed by atoms with Crippen LogP contribution < -0.4 is 14.4 Å². The van der Waals surface area contributed by atoms with Gasteiger partial charge in [-0.15, -0.1) is 0 Å². The number of nitrogens with one attached hydrogen (secondary N) is 1. The van der Waals surface area contributed by atoms with Crippen LogP contribution >= 0.6 is 0 Å². The maximum absolute atomic E-state index is 5.93. The Bertz CT molecular complexity index is 959. The van der Waals surface area contributed by atoms with E-state index in [1.165, 1.54) is 16.9 Å². The number of piperazine rings is 1. The molecule has 2 aromatic carbocycles. The first-order valence-corrected chi connectivity index (χ1v) is 9.71. The lowest BCUT2D eigenvalue weighted by molar-refractivity contribution is 0.242. The Morgan fingerprint density at radius 2 is 1.82 bits per heavy atom. The average molecular weight is 376 g/mol. The van der Waals surface area contributed by atoms with Crippen LogP contribution in [0.2, 0.25) is 0 Å². The fraction of sp³-hybridized carbons (Fsp3) is 0.318. The van der Waals surface area contributed by atoms with Gasteiger partial charge in [0.15, 0.2) is 0 Å². The van der Waals surface area contributed by atoms with E-state index in [-0.39, 0.29) is 0 Å². The Kier molecular flexibility index (Phi) is 4.41. The van der Waals surface area contributed by atoms with E-state index in [1.807, 2.05) is 30.3 Å². The van der Waals surface area contributed by atoms with E-state index in [2.05, 4.69) is 38.2 Å². The third-order valence-electron chi connectivity index (χ3n) is 5.66. The second-order valence-electron chi connectivity index (χ2n) is 7.28. The predicted molar refractivity (Wildman–Crippen MR) is 109 cm³/mol. The van der Waals surface area contributed by atoms with Crippen molar-refractivity contribution in [3.63, 3.8) is 0 Å². The minimum Gasteiger partial charge on any atom is -0.497 e. The fourth-order valence-electron chi connectivity index (χ4n) is 4.03. The van der Waals surface area contributed by atoms with Crippen molar-refractivity contribution < 1.29 is 9.47 Å². The first-order chi connectivity index (χ1) is 13.8. The maximum atomic E-state index is 5.93. The molecule has 0 bridgehead atoms. The number of ether oxygens (including phenoxy) is 2. The average Bonchev–Trinajstić information content (AvgIpc) is 3.18.